The molecule has 0 saturated heterocycles. The number of hydrogen-bond acceptors (Lipinski definition) is 10. The minimum atomic E-state index is -2.39. The molecule has 9 rings (SSSR count). The van der Waals surface area contributed by atoms with Crippen LogP contribution in [0.2, 0.25) is 0 Å². The Bertz CT molecular complexity index is 2870. The summed E-state index contributed by atoms with van der Waals surface area (Å²) in [7, 11) is 0. The van der Waals surface area contributed by atoms with E-state index in [1.165, 1.54) is 35.1 Å². The second-order valence-electron chi connectivity index (χ2n) is 11.8. The number of hydrogen-bond donors (Lipinski definition) is 0. The Morgan fingerprint density at radius 3 is 1.09 bits per heavy atom. The number of aromatic nitrogens is 4. The minimum absolute atomic E-state index is 0.310. The normalized spacial score (nSPS) is 11.9. The molecule has 0 aliphatic heterocycles. The van der Waals surface area contributed by atoms with Crippen LogP contribution in [-0.4, -0.2) is 31.5 Å². The fraction of sp³-hybridized carbons (Fsp3) is 0. The van der Waals surface area contributed by atoms with Gasteiger partial charge in [-0.05, 0) is 57.9 Å². The third kappa shape index (κ3) is 5.49. The maximum Gasteiger partial charge on any atom is 0.227 e. The first kappa shape index (κ1) is 36.0. The van der Waals surface area contributed by atoms with E-state index < -0.39 is 90.9 Å². The third-order valence-electron chi connectivity index (χ3n) is 8.50. The fourth-order valence-corrected chi connectivity index (χ4v) is 9.63. The van der Waals surface area contributed by atoms with Crippen molar-refractivity contribution in [1.29, 1.82) is 0 Å². The van der Waals surface area contributed by atoms with E-state index in [1.807, 2.05) is 36.4 Å². The predicted molar refractivity (Wildman–Crippen MR) is 189 cm³/mol. The first-order valence-electron chi connectivity index (χ1n) is 15.3. The van der Waals surface area contributed by atoms with Gasteiger partial charge in [0.2, 0.25) is 23.2 Å². The van der Waals surface area contributed by atoms with Crippen molar-refractivity contribution in [2.75, 3.05) is 0 Å². The molecule has 6 nitrogen and oxygen atoms in total. The molecule has 0 amide bonds. The Morgan fingerprint density at radius 2 is 0.732 bits per heavy atom. The van der Waals surface area contributed by atoms with Gasteiger partial charge in [-0.15, -0.1) is 45.3 Å². The van der Waals surface area contributed by atoms with Crippen molar-refractivity contribution in [3.8, 4) is 19.8 Å². The minimum Gasteiger partial charge on any atom is -0.286 e. The highest BCUT2D eigenvalue weighted by molar-refractivity contribution is 7.26. The molecule has 5 aromatic carbocycles. The maximum atomic E-state index is 14.3. The number of rotatable bonds is 6. The Hall–Kier alpha value is -5.70. The number of carbonyl (C=O) groups excluding carboxylic acids is 2. The standard InChI is InChI=1S/C36H8F10N4O2S4/c37-21-19(22(38)26(42)29(45)25(21)41)31(51)35-47-7-17(55-35)33-49-13-3-9-1-11-5-15-14(4-10(11)2-12(9)6-16(13)54-33)50-34(53-15)18-8-48-36(56-18)32(52)20-23(39)27(43)30(46)28(44)24(20)40/h1-8H. The molecule has 4 aromatic heterocycles. The van der Waals surface area contributed by atoms with Crippen LogP contribution in [0.3, 0.4) is 0 Å². The monoisotopic (exact) mass is 846 g/mol. The number of benzene rings is 5. The number of halogens is 10. The molecule has 0 saturated carbocycles. The van der Waals surface area contributed by atoms with E-state index in [4.69, 9.17) is 0 Å². The molecular weight excluding hydrogens is 839 g/mol. The lowest BCUT2D eigenvalue weighted by Crippen LogP contribution is -2.13. The molecule has 0 unspecified atom stereocenters. The second-order valence-corrected chi connectivity index (χ2v) is 16.0. The molecule has 9 aromatic rings. The van der Waals surface area contributed by atoms with E-state index in [-0.39, 0.29) is 0 Å². The summed E-state index contributed by atoms with van der Waals surface area (Å²) < 4.78 is 140. The third-order valence-corrected chi connectivity index (χ3v) is 12.9. The highest BCUT2D eigenvalue weighted by Gasteiger charge is 2.33. The van der Waals surface area contributed by atoms with Crippen molar-refractivity contribution in [3.63, 3.8) is 0 Å². The Balaban J connectivity index is 1.02. The lowest BCUT2D eigenvalue weighted by molar-refractivity contribution is 0.101. The van der Waals surface area contributed by atoms with Crippen molar-refractivity contribution in [2.24, 2.45) is 0 Å². The first-order chi connectivity index (χ1) is 26.7. The van der Waals surface area contributed by atoms with E-state index in [2.05, 4.69) is 19.9 Å². The van der Waals surface area contributed by atoms with Gasteiger partial charge in [-0.25, -0.2) is 63.8 Å². The number of nitrogens with zero attached hydrogens (tertiary/aromatic N) is 4. The maximum absolute atomic E-state index is 14.3. The molecular formula is C36H8F10N4O2S4. The Labute approximate surface area is 319 Å². The van der Waals surface area contributed by atoms with Crippen LogP contribution >= 0.6 is 45.3 Å². The average Bonchev–Trinajstić information content (AvgIpc) is 4.01. The summed E-state index contributed by atoms with van der Waals surface area (Å²) >= 11 is 3.76. The predicted octanol–water partition coefficient (Wildman–Crippen LogP) is 11.3. The van der Waals surface area contributed by atoms with Crippen molar-refractivity contribution in [2.45, 2.75) is 0 Å². The molecule has 278 valence electrons. The van der Waals surface area contributed by atoms with Crippen molar-refractivity contribution in [1.82, 2.24) is 19.9 Å². The fourth-order valence-electron chi connectivity index (χ4n) is 5.84. The summed E-state index contributed by atoms with van der Waals surface area (Å²) in [6.45, 7) is 0. The molecule has 0 N–H and O–H groups in total. The topological polar surface area (TPSA) is 85.7 Å². The zero-order valence-electron chi connectivity index (χ0n) is 26.6. The van der Waals surface area contributed by atoms with Crippen molar-refractivity contribution < 1.29 is 53.5 Å². The Morgan fingerprint density at radius 1 is 0.411 bits per heavy atom. The van der Waals surface area contributed by atoms with Gasteiger partial charge in [0, 0.05) is 12.4 Å². The van der Waals surface area contributed by atoms with E-state index in [0.717, 1.165) is 21.5 Å². The van der Waals surface area contributed by atoms with Gasteiger partial charge in [0.05, 0.1) is 30.2 Å². The number of ketones is 2. The van der Waals surface area contributed by atoms with Gasteiger partial charge in [-0.2, -0.15) is 0 Å². The molecule has 4 heterocycles. The summed E-state index contributed by atoms with van der Waals surface area (Å²) in [5.74, 6) is -25.8. The summed E-state index contributed by atoms with van der Waals surface area (Å²) in [6, 6.07) is 11.2. The number of thiazole rings is 4. The molecule has 0 aliphatic rings. The lowest BCUT2D eigenvalue weighted by Gasteiger charge is -2.05. The summed E-state index contributed by atoms with van der Waals surface area (Å²) in [4.78, 5) is 43.1. The van der Waals surface area contributed by atoms with Gasteiger partial charge in [-0.3, -0.25) is 9.59 Å². The van der Waals surface area contributed by atoms with Gasteiger partial charge >= 0.3 is 0 Å². The molecule has 56 heavy (non-hydrogen) atoms. The average molecular weight is 847 g/mol. The molecule has 0 spiro atoms. The largest absolute Gasteiger partial charge is 0.286 e. The van der Waals surface area contributed by atoms with Crippen LogP contribution in [0.25, 0.3) is 61.7 Å². The van der Waals surface area contributed by atoms with Gasteiger partial charge in [0.15, 0.2) is 56.6 Å². The van der Waals surface area contributed by atoms with Crippen LogP contribution in [0.4, 0.5) is 43.9 Å². The van der Waals surface area contributed by atoms with E-state index in [0.29, 0.717) is 62.9 Å². The van der Waals surface area contributed by atoms with Crippen LogP contribution in [0.5, 0.6) is 0 Å². The highest BCUT2D eigenvalue weighted by Crippen LogP contribution is 2.40. The van der Waals surface area contributed by atoms with Crippen molar-refractivity contribution >= 4 is 98.9 Å². The summed E-state index contributed by atoms with van der Waals surface area (Å²) in [6.07, 6.45) is 2.42. The zero-order valence-corrected chi connectivity index (χ0v) is 29.9. The number of fused-ring (bicyclic) bond motifs is 4. The van der Waals surface area contributed by atoms with E-state index in [9.17, 15) is 53.5 Å². The molecule has 0 aliphatic carbocycles. The Kier molecular flexibility index (Phi) is 8.31. The molecule has 20 heteroatoms. The van der Waals surface area contributed by atoms with Gasteiger partial charge < -0.3 is 0 Å². The van der Waals surface area contributed by atoms with Crippen LogP contribution in [-0.2, 0) is 0 Å². The van der Waals surface area contributed by atoms with E-state index >= 15 is 0 Å². The molecule has 0 fully saturated rings. The summed E-state index contributed by atoms with van der Waals surface area (Å²) in [5, 5.41) is 2.93. The van der Waals surface area contributed by atoms with Crippen LogP contribution < -0.4 is 0 Å². The van der Waals surface area contributed by atoms with Crippen LogP contribution in [0.1, 0.15) is 30.7 Å². The highest BCUT2D eigenvalue weighted by atomic mass is 32.1. The number of carbonyl (C=O) groups is 2. The van der Waals surface area contributed by atoms with Gasteiger partial charge in [0.25, 0.3) is 0 Å². The smallest absolute Gasteiger partial charge is 0.227 e. The van der Waals surface area contributed by atoms with Crippen LogP contribution in [0.15, 0.2) is 48.8 Å². The van der Waals surface area contributed by atoms with E-state index in [1.54, 1.807) is 0 Å². The first-order valence-corrected chi connectivity index (χ1v) is 18.6. The van der Waals surface area contributed by atoms with Gasteiger partial charge in [0.1, 0.15) is 21.1 Å². The molecule has 0 atom stereocenters. The second kappa shape index (κ2) is 12.9. The summed E-state index contributed by atoms with van der Waals surface area (Å²) in [5.41, 5.74) is -2.12. The van der Waals surface area contributed by atoms with Gasteiger partial charge in [-0.1, -0.05) is 0 Å². The zero-order chi connectivity index (χ0) is 39.5. The molecule has 0 bridgehead atoms. The van der Waals surface area contributed by atoms with Crippen LogP contribution in [0, 0.1) is 58.2 Å². The van der Waals surface area contributed by atoms with Crippen molar-refractivity contribution in [3.05, 3.63) is 128 Å². The molecule has 0 radical (unpaired) electrons. The quantitative estimate of drug-likeness (QED) is 0.0545. The lowest BCUT2D eigenvalue weighted by atomic mass is 10.0. The SMILES string of the molecule is O=C(c1ncc(-c2nc3cc4cc5cc6sc(-c7cnc(C(=O)c8c(F)c(F)c(F)c(F)c8F)s7)nc6cc5cc4cc3s2)s1)c1c(F)c(F)c(F)c(F)c1F.